The van der Waals surface area contributed by atoms with Gasteiger partial charge >= 0.3 is 11.9 Å². The van der Waals surface area contributed by atoms with Crippen molar-refractivity contribution in [1.82, 2.24) is 20.3 Å². The minimum atomic E-state index is -1.29. The van der Waals surface area contributed by atoms with Gasteiger partial charge < -0.3 is 31.4 Å². The number of fused-ring (bicyclic) bond motifs is 1. The molecule has 0 aromatic carbocycles. The smallest absolute Gasteiger partial charge is 0.326 e. The number of carbonyl (C=O) groups excluding carboxylic acids is 1. The molecule has 11 nitrogen and oxygen atoms in total. The molecule has 158 valence electrons. The van der Waals surface area contributed by atoms with Crippen LogP contribution in [-0.4, -0.2) is 54.2 Å². The molecule has 0 bridgehead atoms. The Bertz CT molecular complexity index is 1110. The number of aromatic hydroxyl groups is 1. The molecule has 3 aromatic rings. The lowest BCUT2D eigenvalue weighted by Crippen LogP contribution is -2.40. The fourth-order valence-electron chi connectivity index (χ4n) is 2.85. The standard InChI is InChI=1S/C18H19N5O6S/c19-18-22-14-10(15(26)23-18)7-8(20-14)1-2-9-3-5-12(30-9)16(27)21-11(17(28)29)4-6-13(24)25/h3,5,7,11H,1-2,4,6H2,(H,21,27)(H,24,25)(H,28,29)(H4,19,20,22,23,26)/t11-/m0/s1. The minimum Gasteiger partial charge on any atom is -0.493 e. The number of nitrogens with two attached hydrogens (primary N) is 1. The number of amides is 1. The molecule has 0 aliphatic rings. The van der Waals surface area contributed by atoms with E-state index in [4.69, 9.17) is 15.9 Å². The molecule has 0 saturated carbocycles. The molecule has 12 heteroatoms. The number of hydrogen-bond acceptors (Lipinski definition) is 8. The van der Waals surface area contributed by atoms with Crippen LogP contribution in [0.1, 0.15) is 33.1 Å². The fraction of sp³-hybridized carbons (Fsp3) is 0.278. The topological polar surface area (TPSA) is 192 Å². The van der Waals surface area contributed by atoms with E-state index in [9.17, 15) is 19.5 Å². The number of carboxylic acid groups (broad SMARTS) is 2. The zero-order valence-electron chi connectivity index (χ0n) is 15.6. The van der Waals surface area contributed by atoms with Crippen LogP contribution in [0.15, 0.2) is 18.2 Å². The molecular weight excluding hydrogens is 414 g/mol. The number of nitrogens with zero attached hydrogens (tertiary/aromatic N) is 2. The van der Waals surface area contributed by atoms with Crippen LogP contribution in [-0.2, 0) is 22.4 Å². The van der Waals surface area contributed by atoms with Crippen molar-refractivity contribution in [3.63, 3.8) is 0 Å². The van der Waals surface area contributed by atoms with Gasteiger partial charge in [0.25, 0.3) is 5.91 Å². The number of carbonyl (C=O) groups is 3. The van der Waals surface area contributed by atoms with Crippen molar-refractivity contribution in [3.05, 3.63) is 33.6 Å². The second-order valence-corrected chi connectivity index (χ2v) is 7.69. The van der Waals surface area contributed by atoms with Gasteiger partial charge in [-0.25, -0.2) is 4.79 Å². The van der Waals surface area contributed by atoms with Gasteiger partial charge in [-0.05, 0) is 37.5 Å². The molecule has 0 aliphatic heterocycles. The molecule has 30 heavy (non-hydrogen) atoms. The number of aromatic nitrogens is 3. The average Bonchev–Trinajstić information content (AvgIpc) is 3.29. The van der Waals surface area contributed by atoms with Crippen molar-refractivity contribution < 1.29 is 29.7 Å². The van der Waals surface area contributed by atoms with Crippen LogP contribution < -0.4 is 11.1 Å². The molecule has 7 N–H and O–H groups in total. The van der Waals surface area contributed by atoms with Gasteiger partial charge in [0.15, 0.2) is 0 Å². The molecule has 3 heterocycles. The number of nitrogen functional groups attached to an aromatic ring is 1. The summed E-state index contributed by atoms with van der Waals surface area (Å²) in [7, 11) is 0. The number of aromatic amines is 1. The first-order chi connectivity index (χ1) is 14.2. The van der Waals surface area contributed by atoms with Gasteiger partial charge in [0.2, 0.25) is 11.8 Å². The van der Waals surface area contributed by atoms with Crippen molar-refractivity contribution >= 4 is 46.2 Å². The summed E-state index contributed by atoms with van der Waals surface area (Å²) in [6.07, 6.45) is 0.613. The van der Waals surface area contributed by atoms with E-state index in [-0.39, 0.29) is 24.7 Å². The maximum Gasteiger partial charge on any atom is 0.326 e. The van der Waals surface area contributed by atoms with Gasteiger partial charge in [-0.3, -0.25) is 9.59 Å². The van der Waals surface area contributed by atoms with E-state index in [1.54, 1.807) is 18.2 Å². The van der Waals surface area contributed by atoms with Crippen molar-refractivity contribution in [2.75, 3.05) is 5.73 Å². The number of hydrogen-bond donors (Lipinski definition) is 6. The van der Waals surface area contributed by atoms with E-state index in [1.165, 1.54) is 11.3 Å². The first-order valence-corrected chi connectivity index (χ1v) is 9.73. The number of H-pyrrole nitrogens is 1. The van der Waals surface area contributed by atoms with Gasteiger partial charge in [-0.2, -0.15) is 9.97 Å². The van der Waals surface area contributed by atoms with Crippen LogP contribution in [0.5, 0.6) is 5.88 Å². The SMILES string of the molecule is Nc1nc(O)c2cc(CCc3ccc(C(=O)N[C@@H](CCC(=O)O)C(=O)O)s3)[nH]c2n1. The van der Waals surface area contributed by atoms with Crippen LogP contribution >= 0.6 is 11.3 Å². The zero-order valence-corrected chi connectivity index (χ0v) is 16.4. The second kappa shape index (κ2) is 8.78. The van der Waals surface area contributed by atoms with E-state index in [0.717, 1.165) is 10.6 Å². The largest absolute Gasteiger partial charge is 0.493 e. The van der Waals surface area contributed by atoms with E-state index in [2.05, 4.69) is 20.3 Å². The highest BCUT2D eigenvalue weighted by atomic mass is 32.1. The molecule has 0 spiro atoms. The van der Waals surface area contributed by atoms with Crippen molar-refractivity contribution in [2.24, 2.45) is 0 Å². The molecular formula is C18H19N5O6S. The van der Waals surface area contributed by atoms with Crippen LogP contribution in [0.25, 0.3) is 11.0 Å². The molecule has 3 rings (SSSR count). The summed E-state index contributed by atoms with van der Waals surface area (Å²) in [5, 5.41) is 30.5. The zero-order chi connectivity index (χ0) is 21.8. The highest BCUT2D eigenvalue weighted by molar-refractivity contribution is 7.14. The minimum absolute atomic E-state index is 0.0367. The first-order valence-electron chi connectivity index (χ1n) is 8.91. The Hall–Kier alpha value is -3.67. The van der Waals surface area contributed by atoms with Gasteiger partial charge in [0, 0.05) is 17.0 Å². The molecule has 0 aliphatic carbocycles. The van der Waals surface area contributed by atoms with Crippen molar-refractivity contribution in [1.29, 1.82) is 0 Å². The Morgan fingerprint density at radius 2 is 1.97 bits per heavy atom. The Morgan fingerprint density at radius 3 is 2.67 bits per heavy atom. The average molecular weight is 433 g/mol. The summed E-state index contributed by atoms with van der Waals surface area (Å²) in [6.45, 7) is 0. The predicted octanol–water partition coefficient (Wildman–Crippen LogP) is 1.14. The van der Waals surface area contributed by atoms with Gasteiger partial charge in [-0.15, -0.1) is 11.3 Å². The van der Waals surface area contributed by atoms with Gasteiger partial charge in [0.1, 0.15) is 11.7 Å². The third-order valence-corrected chi connectivity index (χ3v) is 5.46. The maximum absolute atomic E-state index is 12.3. The molecule has 1 amide bonds. The fourth-order valence-corrected chi connectivity index (χ4v) is 3.76. The summed E-state index contributed by atoms with van der Waals surface area (Å²) >= 11 is 1.22. The quantitative estimate of drug-likeness (QED) is 0.287. The maximum atomic E-state index is 12.3. The summed E-state index contributed by atoms with van der Waals surface area (Å²) in [6, 6.07) is 3.82. The summed E-state index contributed by atoms with van der Waals surface area (Å²) < 4.78 is 0. The normalized spacial score (nSPS) is 12.0. The second-order valence-electron chi connectivity index (χ2n) is 6.52. The first kappa shape index (κ1) is 21.0. The number of thiophene rings is 1. The van der Waals surface area contributed by atoms with Crippen molar-refractivity contribution in [3.8, 4) is 5.88 Å². The highest BCUT2D eigenvalue weighted by Crippen LogP contribution is 2.24. The molecule has 3 aromatic heterocycles. The summed E-state index contributed by atoms with van der Waals surface area (Å²) in [4.78, 5) is 46.2. The number of nitrogens with one attached hydrogen (secondary N) is 2. The number of anilines is 1. The van der Waals surface area contributed by atoms with Crippen LogP contribution in [0, 0.1) is 0 Å². The lowest BCUT2D eigenvalue weighted by molar-refractivity contribution is -0.140. The van der Waals surface area contributed by atoms with E-state index < -0.39 is 23.9 Å². The van der Waals surface area contributed by atoms with Gasteiger partial charge in [0.05, 0.1) is 10.3 Å². The number of aliphatic carboxylic acids is 2. The van der Waals surface area contributed by atoms with E-state index >= 15 is 0 Å². The lowest BCUT2D eigenvalue weighted by atomic mass is 10.1. The molecule has 0 unspecified atom stereocenters. The van der Waals surface area contributed by atoms with Crippen molar-refractivity contribution in [2.45, 2.75) is 31.7 Å². The number of carboxylic acids is 2. The Labute approximate surface area is 173 Å². The van der Waals surface area contributed by atoms with Gasteiger partial charge in [-0.1, -0.05) is 0 Å². The number of rotatable bonds is 9. The summed E-state index contributed by atoms with van der Waals surface area (Å²) in [5.74, 6) is -3.22. The lowest BCUT2D eigenvalue weighted by Gasteiger charge is -2.12. The van der Waals surface area contributed by atoms with E-state index in [0.29, 0.717) is 28.8 Å². The monoisotopic (exact) mass is 433 g/mol. The highest BCUT2D eigenvalue weighted by Gasteiger charge is 2.22. The van der Waals surface area contributed by atoms with E-state index in [1.807, 2.05) is 0 Å². The molecule has 1 atom stereocenters. The predicted molar refractivity (Wildman–Crippen MR) is 107 cm³/mol. The molecule has 0 saturated heterocycles. The Kier molecular flexibility index (Phi) is 6.16. The number of aryl methyl sites for hydroxylation is 2. The Morgan fingerprint density at radius 1 is 1.20 bits per heavy atom. The van der Waals surface area contributed by atoms with Crippen LogP contribution in [0.2, 0.25) is 0 Å². The Balaban J connectivity index is 1.61. The third-order valence-electron chi connectivity index (χ3n) is 4.32. The summed E-state index contributed by atoms with van der Waals surface area (Å²) in [5.41, 5.74) is 6.75. The van der Waals surface area contributed by atoms with Crippen LogP contribution in [0.4, 0.5) is 5.95 Å². The molecule has 0 radical (unpaired) electrons. The molecule has 0 fully saturated rings. The third kappa shape index (κ3) is 5.03. The van der Waals surface area contributed by atoms with Crippen LogP contribution in [0.3, 0.4) is 0 Å².